The molecule has 1 amide bonds. The number of rotatable bonds is 2. The van der Waals surface area contributed by atoms with E-state index in [1.165, 1.54) is 0 Å². The highest BCUT2D eigenvalue weighted by Crippen LogP contribution is 2.35. The fraction of sp³-hybridized carbons (Fsp3) is 0.440. The van der Waals surface area contributed by atoms with Crippen LogP contribution in [0.4, 0.5) is 5.69 Å². The topological polar surface area (TPSA) is 95.3 Å². The number of carbonyl (C=O) groups is 2. The van der Waals surface area contributed by atoms with E-state index in [9.17, 15) is 9.59 Å². The van der Waals surface area contributed by atoms with E-state index in [2.05, 4.69) is 10.3 Å². The SMILES string of the molecule is O=C[C@H]1CC[C@H](n2cc3cc4c(cc3n2)OCCCCCOc2cccc(n2)C(=O)N4)CC1. The van der Waals surface area contributed by atoms with E-state index < -0.39 is 0 Å². The highest BCUT2D eigenvalue weighted by Gasteiger charge is 2.23. The zero-order valence-corrected chi connectivity index (χ0v) is 18.5. The first-order chi connectivity index (χ1) is 16.2. The maximum absolute atomic E-state index is 12.9. The highest BCUT2D eigenvalue weighted by molar-refractivity contribution is 6.05. The number of aromatic nitrogens is 3. The van der Waals surface area contributed by atoms with Crippen molar-refractivity contribution in [1.29, 1.82) is 0 Å². The molecule has 2 aromatic heterocycles. The van der Waals surface area contributed by atoms with Crippen molar-refractivity contribution in [1.82, 2.24) is 14.8 Å². The van der Waals surface area contributed by atoms with Gasteiger partial charge in [-0.3, -0.25) is 9.48 Å². The number of anilines is 1. The molecule has 1 aliphatic heterocycles. The van der Waals surface area contributed by atoms with Gasteiger partial charge >= 0.3 is 0 Å². The van der Waals surface area contributed by atoms with Gasteiger partial charge in [-0.15, -0.1) is 0 Å². The predicted molar refractivity (Wildman–Crippen MR) is 124 cm³/mol. The van der Waals surface area contributed by atoms with E-state index in [1.54, 1.807) is 18.2 Å². The average Bonchev–Trinajstić information content (AvgIpc) is 3.26. The molecular weight excluding hydrogens is 420 g/mol. The first-order valence-corrected chi connectivity index (χ1v) is 11.7. The molecule has 0 spiro atoms. The van der Waals surface area contributed by atoms with Crippen molar-refractivity contribution in [2.75, 3.05) is 18.5 Å². The largest absolute Gasteiger partial charge is 0.491 e. The smallest absolute Gasteiger partial charge is 0.274 e. The Labute approximate surface area is 192 Å². The second kappa shape index (κ2) is 9.60. The van der Waals surface area contributed by atoms with Gasteiger partial charge in [0.25, 0.3) is 5.91 Å². The highest BCUT2D eigenvalue weighted by atomic mass is 16.5. The number of carbonyl (C=O) groups excluding carboxylic acids is 2. The molecule has 1 aliphatic carbocycles. The molecule has 3 aromatic rings. The zero-order chi connectivity index (χ0) is 22.6. The number of hydrogen-bond acceptors (Lipinski definition) is 6. The molecule has 1 N–H and O–H groups in total. The van der Waals surface area contributed by atoms with E-state index >= 15 is 0 Å². The molecule has 33 heavy (non-hydrogen) atoms. The van der Waals surface area contributed by atoms with Crippen LogP contribution in [0.5, 0.6) is 11.6 Å². The van der Waals surface area contributed by atoms with Gasteiger partial charge in [-0.05, 0) is 57.1 Å². The number of ether oxygens (including phenoxy) is 2. The van der Waals surface area contributed by atoms with Crippen LogP contribution in [0.3, 0.4) is 0 Å². The molecule has 172 valence electrons. The number of pyridine rings is 1. The van der Waals surface area contributed by atoms with Crippen molar-refractivity contribution in [3.8, 4) is 11.6 Å². The number of amides is 1. The second-order valence-electron chi connectivity index (χ2n) is 8.79. The third-order valence-corrected chi connectivity index (χ3v) is 6.43. The molecule has 2 bridgehead atoms. The van der Waals surface area contributed by atoms with Crippen LogP contribution in [0.25, 0.3) is 10.9 Å². The first-order valence-electron chi connectivity index (χ1n) is 11.7. The van der Waals surface area contributed by atoms with Crippen LogP contribution >= 0.6 is 0 Å². The van der Waals surface area contributed by atoms with Crippen LogP contribution in [-0.4, -0.2) is 40.2 Å². The summed E-state index contributed by atoms with van der Waals surface area (Å²) in [6, 6.07) is 9.30. The Bertz CT molecular complexity index is 1150. The minimum Gasteiger partial charge on any atom is -0.491 e. The average molecular weight is 449 g/mol. The Kier molecular flexibility index (Phi) is 6.24. The van der Waals surface area contributed by atoms with Gasteiger partial charge in [0.05, 0.1) is 30.5 Å². The van der Waals surface area contributed by atoms with Gasteiger partial charge in [-0.2, -0.15) is 5.10 Å². The van der Waals surface area contributed by atoms with Crippen molar-refractivity contribution >= 4 is 28.8 Å². The van der Waals surface area contributed by atoms with Crippen LogP contribution in [-0.2, 0) is 4.79 Å². The Hall–Kier alpha value is -3.42. The Morgan fingerprint density at radius 1 is 1.03 bits per heavy atom. The number of nitrogens with zero attached hydrogens (tertiary/aromatic N) is 3. The number of aldehydes is 1. The maximum Gasteiger partial charge on any atom is 0.274 e. The van der Waals surface area contributed by atoms with Crippen LogP contribution in [0, 0.1) is 5.92 Å². The number of benzene rings is 1. The molecule has 1 fully saturated rings. The summed E-state index contributed by atoms with van der Waals surface area (Å²) < 4.78 is 13.7. The van der Waals surface area contributed by atoms with Gasteiger partial charge in [-0.1, -0.05) is 6.07 Å². The number of hydrogen-bond donors (Lipinski definition) is 1. The van der Waals surface area contributed by atoms with Gasteiger partial charge in [-0.25, -0.2) is 4.98 Å². The normalized spacial score (nSPS) is 21.8. The quantitative estimate of drug-likeness (QED) is 0.578. The minimum absolute atomic E-state index is 0.168. The van der Waals surface area contributed by atoms with Gasteiger partial charge < -0.3 is 19.6 Å². The lowest BCUT2D eigenvalue weighted by atomic mass is 9.87. The monoisotopic (exact) mass is 448 g/mol. The lowest BCUT2D eigenvalue weighted by Crippen LogP contribution is -2.19. The minimum atomic E-state index is -0.318. The van der Waals surface area contributed by atoms with Crippen LogP contribution in [0.15, 0.2) is 36.5 Å². The summed E-state index contributed by atoms with van der Waals surface area (Å²) >= 11 is 0. The summed E-state index contributed by atoms with van der Waals surface area (Å²) in [7, 11) is 0. The lowest BCUT2D eigenvalue weighted by molar-refractivity contribution is -0.112. The summed E-state index contributed by atoms with van der Waals surface area (Å²) in [5, 5.41) is 8.69. The lowest BCUT2D eigenvalue weighted by Gasteiger charge is -2.25. The molecule has 1 saturated carbocycles. The van der Waals surface area contributed by atoms with E-state index in [1.807, 2.05) is 23.0 Å². The van der Waals surface area contributed by atoms with Gasteiger partial charge in [0, 0.05) is 29.6 Å². The van der Waals surface area contributed by atoms with E-state index in [0.717, 1.165) is 62.1 Å². The van der Waals surface area contributed by atoms with Crippen LogP contribution in [0.1, 0.15) is 61.5 Å². The molecule has 1 aromatic carbocycles. The first kappa shape index (κ1) is 21.4. The second-order valence-corrected chi connectivity index (χ2v) is 8.79. The molecule has 8 heteroatoms. The Morgan fingerprint density at radius 3 is 2.67 bits per heavy atom. The van der Waals surface area contributed by atoms with Crippen LogP contribution in [0.2, 0.25) is 0 Å². The maximum atomic E-state index is 12.9. The van der Waals surface area contributed by atoms with E-state index in [0.29, 0.717) is 36.2 Å². The molecule has 3 heterocycles. The molecule has 8 nitrogen and oxygen atoms in total. The summed E-state index contributed by atoms with van der Waals surface area (Å²) in [5.41, 5.74) is 1.72. The van der Waals surface area contributed by atoms with Crippen molar-refractivity contribution < 1.29 is 19.1 Å². The third kappa shape index (κ3) is 4.84. The molecule has 2 aliphatic rings. The van der Waals surface area contributed by atoms with Gasteiger partial charge in [0.15, 0.2) is 0 Å². The van der Waals surface area contributed by atoms with Gasteiger partial charge in [0.2, 0.25) is 5.88 Å². The zero-order valence-electron chi connectivity index (χ0n) is 18.5. The predicted octanol–water partition coefficient (Wildman–Crippen LogP) is 4.56. The van der Waals surface area contributed by atoms with Crippen molar-refractivity contribution in [3.05, 3.63) is 42.2 Å². The van der Waals surface area contributed by atoms with Gasteiger partial charge in [0.1, 0.15) is 17.7 Å². The Morgan fingerprint density at radius 2 is 1.85 bits per heavy atom. The van der Waals surface area contributed by atoms with E-state index in [4.69, 9.17) is 14.6 Å². The third-order valence-electron chi connectivity index (χ3n) is 6.43. The summed E-state index contributed by atoms with van der Waals surface area (Å²) in [6.07, 6.45) is 9.52. The molecule has 0 unspecified atom stereocenters. The molecular formula is C25H28N4O4. The Balaban J connectivity index is 1.45. The summed E-state index contributed by atoms with van der Waals surface area (Å²) in [5.74, 6) is 0.912. The van der Waals surface area contributed by atoms with Crippen LogP contribution < -0.4 is 14.8 Å². The fourth-order valence-electron chi connectivity index (χ4n) is 4.53. The van der Waals surface area contributed by atoms with Crippen molar-refractivity contribution in [2.45, 2.75) is 51.0 Å². The molecule has 0 atom stereocenters. The van der Waals surface area contributed by atoms with E-state index in [-0.39, 0.29) is 17.9 Å². The summed E-state index contributed by atoms with van der Waals surface area (Å²) in [6.45, 7) is 1.11. The van der Waals surface area contributed by atoms with Crippen molar-refractivity contribution in [2.24, 2.45) is 5.92 Å². The standard InChI is InChI=1S/C25H28N4O4/c30-16-17-7-9-19(10-8-17)29-15-18-13-22-23(14-21(18)28-29)32-11-2-1-3-12-33-24-6-4-5-20(26-24)25(31)27-22/h4-6,13-17,19H,1-3,7-12H2,(H,27,31)/t17-,19-. The molecule has 0 radical (unpaired) electrons. The molecule has 5 rings (SSSR count). The van der Waals surface area contributed by atoms with Crippen molar-refractivity contribution in [3.63, 3.8) is 0 Å². The fourth-order valence-corrected chi connectivity index (χ4v) is 4.53. The number of fused-ring (bicyclic) bond motifs is 4. The number of nitrogens with one attached hydrogen (secondary N) is 1. The molecule has 0 saturated heterocycles. The summed E-state index contributed by atoms with van der Waals surface area (Å²) in [4.78, 5) is 28.3.